The SMILES string of the molecule is c1ccc(-c2ccc(-c3nc(-c4cccc5c4[nH]c4c5ccc5c6ccccc6n(-c6ccccc6)c54)nc(-n4c5ccccc5c5ccc6c7ccccc7n(-c7ccccc7)c6c54)n3)cc2)cc1. The van der Waals surface area contributed by atoms with Crippen LogP contribution in [-0.4, -0.2) is 33.6 Å². The molecule has 0 aliphatic heterocycles. The Morgan fingerprint density at radius 2 is 0.700 bits per heavy atom. The van der Waals surface area contributed by atoms with Crippen LogP contribution in [0.15, 0.2) is 231 Å². The summed E-state index contributed by atoms with van der Waals surface area (Å²) >= 11 is 0. The van der Waals surface area contributed by atoms with Crippen LogP contribution in [0.25, 0.3) is 138 Å². The number of rotatable bonds is 6. The van der Waals surface area contributed by atoms with E-state index >= 15 is 0 Å². The van der Waals surface area contributed by atoms with Crippen LogP contribution in [0.5, 0.6) is 0 Å². The van der Waals surface area contributed by atoms with Crippen molar-refractivity contribution in [1.82, 2.24) is 33.6 Å². The molecule has 0 spiro atoms. The zero-order valence-corrected chi connectivity index (χ0v) is 37.6. The maximum absolute atomic E-state index is 5.59. The highest BCUT2D eigenvalue weighted by Crippen LogP contribution is 2.44. The fourth-order valence-corrected chi connectivity index (χ4v) is 11.2. The number of aromatic amines is 1. The Balaban J connectivity index is 1.04. The van der Waals surface area contributed by atoms with Crippen molar-refractivity contribution in [1.29, 1.82) is 0 Å². The minimum absolute atomic E-state index is 0.537. The lowest BCUT2D eigenvalue weighted by Gasteiger charge is -2.13. The van der Waals surface area contributed by atoms with Gasteiger partial charge in [-0.25, -0.2) is 4.98 Å². The molecular formula is C63H39N7. The number of hydrogen-bond acceptors (Lipinski definition) is 3. The molecule has 326 valence electrons. The Bertz CT molecular complexity index is 4560. The smallest absolute Gasteiger partial charge is 0.238 e. The summed E-state index contributed by atoms with van der Waals surface area (Å²) in [6.45, 7) is 0. The normalized spacial score (nSPS) is 12.0. The van der Waals surface area contributed by atoms with Crippen molar-refractivity contribution in [2.45, 2.75) is 0 Å². The molecule has 0 saturated carbocycles. The van der Waals surface area contributed by atoms with Gasteiger partial charge >= 0.3 is 0 Å². The van der Waals surface area contributed by atoms with Gasteiger partial charge in [0, 0.05) is 65.6 Å². The van der Waals surface area contributed by atoms with Crippen molar-refractivity contribution in [3.8, 4) is 51.2 Å². The lowest BCUT2D eigenvalue weighted by molar-refractivity contribution is 0.954. The van der Waals surface area contributed by atoms with Gasteiger partial charge in [0.1, 0.15) is 0 Å². The lowest BCUT2D eigenvalue weighted by Crippen LogP contribution is -2.07. The Morgan fingerprint density at radius 1 is 0.271 bits per heavy atom. The van der Waals surface area contributed by atoms with E-state index in [-0.39, 0.29) is 0 Å². The van der Waals surface area contributed by atoms with Crippen LogP contribution in [-0.2, 0) is 0 Å². The molecule has 0 amide bonds. The van der Waals surface area contributed by atoms with Gasteiger partial charge < -0.3 is 14.1 Å². The molecule has 0 atom stereocenters. The van der Waals surface area contributed by atoms with Crippen molar-refractivity contribution in [3.05, 3.63) is 231 Å². The van der Waals surface area contributed by atoms with E-state index < -0.39 is 0 Å². The summed E-state index contributed by atoms with van der Waals surface area (Å²) in [6.07, 6.45) is 0. The van der Waals surface area contributed by atoms with Crippen LogP contribution in [0, 0.1) is 0 Å². The van der Waals surface area contributed by atoms with Crippen molar-refractivity contribution in [2.75, 3.05) is 0 Å². The summed E-state index contributed by atoms with van der Waals surface area (Å²) in [6, 6.07) is 81.9. The molecule has 0 unspecified atom stereocenters. The Morgan fingerprint density at radius 3 is 1.31 bits per heavy atom. The largest absolute Gasteiger partial charge is 0.352 e. The topological polar surface area (TPSA) is 69.2 Å². The Hall–Kier alpha value is -9.59. The van der Waals surface area contributed by atoms with E-state index in [1.54, 1.807) is 0 Å². The van der Waals surface area contributed by atoms with E-state index in [1.807, 2.05) is 6.07 Å². The second-order valence-electron chi connectivity index (χ2n) is 18.1. The molecule has 1 N–H and O–H groups in total. The first-order chi connectivity index (χ1) is 34.7. The fourth-order valence-electron chi connectivity index (χ4n) is 11.2. The third kappa shape index (κ3) is 5.60. The number of nitrogens with one attached hydrogen (secondary N) is 1. The molecule has 0 aliphatic carbocycles. The van der Waals surface area contributed by atoms with Crippen LogP contribution in [0.2, 0.25) is 0 Å². The number of para-hydroxylation sites is 6. The number of H-pyrrole nitrogens is 1. The van der Waals surface area contributed by atoms with Crippen molar-refractivity contribution >= 4 is 87.2 Å². The monoisotopic (exact) mass is 893 g/mol. The Kier molecular flexibility index (Phi) is 8.23. The second kappa shape index (κ2) is 15.0. The van der Waals surface area contributed by atoms with Crippen LogP contribution in [0.1, 0.15) is 0 Å². The molecular weight excluding hydrogens is 855 g/mol. The van der Waals surface area contributed by atoms with Gasteiger partial charge in [0.05, 0.1) is 44.1 Å². The standard InChI is InChI=1S/C63H39N7/c1-4-17-39(18-5-1)40-31-33-41(34-32-40)61-65-62(52-27-16-26-47-48-35-36-49-44-23-10-13-28-53(44)68(42-19-6-2-7-20-42)58(49)57(48)64-56(47)52)67-63(66-61)70-55-30-15-12-25-46(55)51-38-37-50-45-24-11-14-29-54(45)69(59(50)60(51)70)43-21-8-3-9-22-43/h1-38,64H. The molecule has 0 radical (unpaired) electrons. The quantitative estimate of drug-likeness (QED) is 0.181. The van der Waals surface area contributed by atoms with Gasteiger partial charge in [0.25, 0.3) is 0 Å². The molecule has 15 aromatic rings. The van der Waals surface area contributed by atoms with Gasteiger partial charge in [0.2, 0.25) is 5.95 Å². The summed E-state index contributed by atoms with van der Waals surface area (Å²) < 4.78 is 7.05. The first-order valence-electron chi connectivity index (χ1n) is 23.7. The predicted molar refractivity (Wildman–Crippen MR) is 289 cm³/mol. The third-order valence-corrected chi connectivity index (χ3v) is 14.3. The van der Waals surface area contributed by atoms with Gasteiger partial charge in [0.15, 0.2) is 11.6 Å². The molecule has 10 aromatic carbocycles. The molecule has 0 fully saturated rings. The summed E-state index contributed by atoms with van der Waals surface area (Å²) in [7, 11) is 0. The van der Waals surface area contributed by atoms with E-state index in [2.05, 4.69) is 243 Å². The van der Waals surface area contributed by atoms with Crippen molar-refractivity contribution in [2.24, 2.45) is 0 Å². The number of aromatic nitrogens is 7. The molecule has 0 bridgehead atoms. The van der Waals surface area contributed by atoms with Gasteiger partial charge in [-0.1, -0.05) is 182 Å². The minimum Gasteiger partial charge on any atom is -0.352 e. The van der Waals surface area contributed by atoms with Crippen molar-refractivity contribution < 1.29 is 0 Å². The highest BCUT2D eigenvalue weighted by atomic mass is 15.2. The number of benzene rings is 10. The molecule has 7 nitrogen and oxygen atoms in total. The summed E-state index contributed by atoms with van der Waals surface area (Å²) in [4.78, 5) is 20.5. The van der Waals surface area contributed by atoms with E-state index in [9.17, 15) is 0 Å². The average Bonchev–Trinajstić information content (AvgIpc) is 4.18. The van der Waals surface area contributed by atoms with E-state index in [0.717, 1.165) is 105 Å². The summed E-state index contributed by atoms with van der Waals surface area (Å²) in [5.41, 5.74) is 14.8. The zero-order valence-electron chi connectivity index (χ0n) is 37.6. The maximum Gasteiger partial charge on any atom is 0.238 e. The molecule has 5 heterocycles. The number of nitrogens with zero attached hydrogens (tertiary/aromatic N) is 6. The van der Waals surface area contributed by atoms with E-state index in [0.29, 0.717) is 17.6 Å². The second-order valence-corrected chi connectivity index (χ2v) is 18.1. The average molecular weight is 894 g/mol. The van der Waals surface area contributed by atoms with Crippen LogP contribution in [0.3, 0.4) is 0 Å². The zero-order chi connectivity index (χ0) is 45.9. The first-order valence-corrected chi connectivity index (χ1v) is 23.7. The van der Waals surface area contributed by atoms with Crippen molar-refractivity contribution in [3.63, 3.8) is 0 Å². The molecule has 15 rings (SSSR count). The fraction of sp³-hybridized carbons (Fsp3) is 0. The number of hydrogen-bond donors (Lipinski definition) is 1. The molecule has 70 heavy (non-hydrogen) atoms. The third-order valence-electron chi connectivity index (χ3n) is 14.3. The van der Waals surface area contributed by atoms with Gasteiger partial charge in [-0.2, -0.15) is 9.97 Å². The number of fused-ring (bicyclic) bond motifs is 14. The predicted octanol–water partition coefficient (Wildman–Crippen LogP) is 15.8. The maximum atomic E-state index is 5.59. The first kappa shape index (κ1) is 38.5. The summed E-state index contributed by atoms with van der Waals surface area (Å²) in [5, 5.41) is 9.21. The minimum atomic E-state index is 0.537. The highest BCUT2D eigenvalue weighted by Gasteiger charge is 2.25. The molecule has 0 saturated heterocycles. The van der Waals surface area contributed by atoms with Gasteiger partial charge in [-0.3, -0.25) is 4.57 Å². The van der Waals surface area contributed by atoms with Crippen LogP contribution >= 0.6 is 0 Å². The highest BCUT2D eigenvalue weighted by molar-refractivity contribution is 6.25. The molecule has 0 aliphatic rings. The van der Waals surface area contributed by atoms with E-state index in [4.69, 9.17) is 15.0 Å². The van der Waals surface area contributed by atoms with Gasteiger partial charge in [-0.05, 0) is 59.7 Å². The van der Waals surface area contributed by atoms with Crippen LogP contribution < -0.4 is 0 Å². The van der Waals surface area contributed by atoms with E-state index in [1.165, 1.54) is 16.2 Å². The molecule has 7 heteroatoms. The summed E-state index contributed by atoms with van der Waals surface area (Å²) in [5.74, 6) is 1.70. The van der Waals surface area contributed by atoms with Crippen LogP contribution in [0.4, 0.5) is 0 Å². The lowest BCUT2D eigenvalue weighted by atomic mass is 10.0. The Labute approximate surface area is 400 Å². The molecule has 5 aromatic heterocycles. The van der Waals surface area contributed by atoms with Gasteiger partial charge in [-0.15, -0.1) is 0 Å².